The quantitative estimate of drug-likeness (QED) is 0.104. The summed E-state index contributed by atoms with van der Waals surface area (Å²) in [5, 5.41) is 6.01. The molecule has 0 spiro atoms. The molecule has 0 heterocycles. The van der Waals surface area contributed by atoms with Crippen LogP contribution in [0.25, 0.3) is 34.4 Å². The SMILES string of the molecule is Cc1cccc(-c2cccc3c2C=C(CC(C)C)[CH]3[Zr]([Cl])([Cl])([B](NC=O)NC=O)[CH]2C(CC(C)C)=Cc3c(-c4cccc(C)c4C)cccc32)c1C. The van der Waals surface area contributed by atoms with Crippen molar-refractivity contribution in [3.63, 3.8) is 0 Å². The Morgan fingerprint density at radius 1 is 0.615 bits per heavy atom. The fourth-order valence-electron chi connectivity index (χ4n) is 9.09. The minimum absolute atomic E-state index is 0.314. The van der Waals surface area contributed by atoms with Crippen LogP contribution in [0.5, 0.6) is 0 Å². The van der Waals surface area contributed by atoms with E-state index >= 15 is 0 Å². The second-order valence-corrected chi connectivity index (χ2v) is 37.3. The van der Waals surface area contributed by atoms with Gasteiger partial charge in [-0.2, -0.15) is 0 Å². The average molecular weight is 812 g/mol. The van der Waals surface area contributed by atoms with E-state index in [2.05, 4.69) is 151 Å². The first-order valence-electron chi connectivity index (χ1n) is 18.5. The number of aryl methyl sites for hydroxylation is 2. The summed E-state index contributed by atoms with van der Waals surface area (Å²) in [5.41, 5.74) is 16.2. The molecule has 0 radical (unpaired) electrons. The van der Waals surface area contributed by atoms with Crippen LogP contribution < -0.4 is 10.5 Å². The molecule has 269 valence electrons. The van der Waals surface area contributed by atoms with Gasteiger partial charge in [0.05, 0.1) is 0 Å². The number of halogens is 2. The van der Waals surface area contributed by atoms with Gasteiger partial charge in [0, 0.05) is 0 Å². The zero-order valence-electron chi connectivity index (χ0n) is 31.6. The van der Waals surface area contributed by atoms with Crippen LogP contribution in [-0.2, 0) is 25.8 Å². The van der Waals surface area contributed by atoms with Crippen LogP contribution in [0, 0.1) is 39.5 Å². The molecule has 52 heavy (non-hydrogen) atoms. The normalized spacial score (nSPS) is 17.2. The van der Waals surface area contributed by atoms with Crippen LogP contribution in [0.2, 0.25) is 0 Å². The van der Waals surface area contributed by atoms with Crippen molar-refractivity contribution >= 4 is 46.5 Å². The zero-order valence-corrected chi connectivity index (χ0v) is 35.6. The van der Waals surface area contributed by atoms with Crippen LogP contribution in [0.1, 0.15) is 92.3 Å². The molecule has 0 aliphatic heterocycles. The zero-order chi connectivity index (χ0) is 37.6. The summed E-state index contributed by atoms with van der Waals surface area (Å²) in [6.45, 7) is 17.5. The van der Waals surface area contributed by atoms with Crippen LogP contribution in [0.4, 0.5) is 0 Å². The van der Waals surface area contributed by atoms with E-state index in [0.29, 0.717) is 24.7 Å². The number of carbonyl (C=O) groups is 2. The molecule has 2 amide bonds. The number of rotatable bonds is 13. The summed E-state index contributed by atoms with van der Waals surface area (Å²) < 4.78 is -1.74. The van der Waals surface area contributed by atoms with E-state index in [-0.39, 0.29) is 0 Å². The molecule has 0 aromatic heterocycles. The van der Waals surface area contributed by atoms with E-state index in [0.717, 1.165) is 57.4 Å². The second kappa shape index (κ2) is 14.9. The molecular formula is C44H50BCl2N2O2Zr. The number of benzene rings is 4. The van der Waals surface area contributed by atoms with Gasteiger partial charge in [-0.25, -0.2) is 0 Å². The molecule has 2 aliphatic carbocycles. The third-order valence-electron chi connectivity index (χ3n) is 11.5. The van der Waals surface area contributed by atoms with Gasteiger partial charge in [0.1, 0.15) is 0 Å². The Bertz CT molecular complexity index is 1980. The number of nitrogens with one attached hydrogen (secondary N) is 2. The van der Waals surface area contributed by atoms with Crippen LogP contribution in [0.15, 0.2) is 83.9 Å². The Balaban J connectivity index is 1.70. The van der Waals surface area contributed by atoms with Gasteiger partial charge in [0.25, 0.3) is 0 Å². The molecule has 0 fully saturated rings. The molecule has 0 saturated heterocycles. The summed E-state index contributed by atoms with van der Waals surface area (Å²) in [4.78, 5) is 25.1. The summed E-state index contributed by atoms with van der Waals surface area (Å²) in [6.07, 6.45) is 7.47. The number of hydrogen-bond acceptors (Lipinski definition) is 2. The molecule has 2 aliphatic rings. The number of fused-ring (bicyclic) bond motifs is 2. The monoisotopic (exact) mass is 809 g/mol. The molecule has 4 nitrogen and oxygen atoms in total. The van der Waals surface area contributed by atoms with Gasteiger partial charge in [-0.05, 0) is 0 Å². The van der Waals surface area contributed by atoms with Gasteiger partial charge in [-0.15, -0.1) is 0 Å². The van der Waals surface area contributed by atoms with Crippen molar-refractivity contribution in [2.45, 2.75) is 75.5 Å². The van der Waals surface area contributed by atoms with Crippen molar-refractivity contribution < 1.29 is 25.8 Å². The minimum atomic E-state index is -5.90. The number of hydrogen-bond donors (Lipinski definition) is 2. The Morgan fingerprint density at radius 3 is 1.35 bits per heavy atom. The van der Waals surface area contributed by atoms with Crippen molar-refractivity contribution in [1.82, 2.24) is 10.5 Å². The Kier molecular flexibility index (Phi) is 11.1. The van der Waals surface area contributed by atoms with E-state index in [1.807, 2.05) is 0 Å². The molecule has 0 bridgehead atoms. The fourth-order valence-corrected chi connectivity index (χ4v) is 29.7. The predicted molar refractivity (Wildman–Crippen MR) is 219 cm³/mol. The third kappa shape index (κ3) is 6.52. The number of carbonyl (C=O) groups excluding carboxylic acids is 2. The van der Waals surface area contributed by atoms with Gasteiger partial charge in [0.15, 0.2) is 0 Å². The van der Waals surface area contributed by atoms with Crippen molar-refractivity contribution in [3.05, 3.63) is 128 Å². The Labute approximate surface area is 318 Å². The molecule has 8 heteroatoms. The third-order valence-corrected chi connectivity index (χ3v) is 31.6. The van der Waals surface area contributed by atoms with Gasteiger partial charge in [-0.1, -0.05) is 0 Å². The Morgan fingerprint density at radius 2 is 0.981 bits per heavy atom. The second-order valence-electron chi connectivity index (χ2n) is 15.8. The maximum absolute atomic E-state index is 12.6. The first-order chi connectivity index (χ1) is 24.7. The van der Waals surface area contributed by atoms with E-state index in [1.165, 1.54) is 33.4 Å². The number of amides is 2. The molecule has 4 aromatic rings. The molecule has 4 aromatic carbocycles. The molecule has 2 atom stereocenters. The first kappa shape index (κ1) is 38.5. The molecule has 2 N–H and O–H groups in total. The van der Waals surface area contributed by atoms with E-state index < -0.39 is 27.9 Å². The summed E-state index contributed by atoms with van der Waals surface area (Å²) in [6, 6.07) is 25.8. The molecule has 6 rings (SSSR count). The van der Waals surface area contributed by atoms with E-state index in [9.17, 15) is 9.59 Å². The molecule has 2 unspecified atom stereocenters. The standard InChI is InChI=1S/2C21H23.C2H3BN2O2.2ClH.Zr/c2*1-14(2)11-17-12-18-8-6-10-20(21(18)13-17)19-9-5-7-15(3)16(19)4;6-1-4-3-5-2-7;;;/h2*5-10,12-14H,11H2,1-4H3;1-2H,(H-,4,5,6,7);2*1H;/q;;;;;+1/p-1. The first-order valence-corrected chi connectivity index (χ1v) is 29.1. The van der Waals surface area contributed by atoms with Gasteiger partial charge in [-0.3, -0.25) is 0 Å². The van der Waals surface area contributed by atoms with Crippen molar-refractivity contribution in [2.24, 2.45) is 11.8 Å². The van der Waals surface area contributed by atoms with Crippen molar-refractivity contribution in [2.75, 3.05) is 0 Å². The van der Waals surface area contributed by atoms with Gasteiger partial charge < -0.3 is 0 Å². The van der Waals surface area contributed by atoms with E-state index in [4.69, 9.17) is 17.0 Å². The van der Waals surface area contributed by atoms with Crippen molar-refractivity contribution in [1.29, 1.82) is 0 Å². The maximum atomic E-state index is 12.6. The summed E-state index contributed by atoms with van der Waals surface area (Å²) >= 11 is -5.90. The van der Waals surface area contributed by atoms with Gasteiger partial charge >= 0.3 is 321 Å². The van der Waals surface area contributed by atoms with Crippen LogP contribution in [0.3, 0.4) is 0 Å². The molecular weight excluding hydrogens is 761 g/mol. The molecule has 0 saturated carbocycles. The average Bonchev–Trinajstić information content (AvgIpc) is 3.65. The fraction of sp³-hybridized carbons (Fsp3) is 0.318. The summed E-state index contributed by atoms with van der Waals surface area (Å²) in [7, 11) is 17.4. The van der Waals surface area contributed by atoms with Gasteiger partial charge in [0.2, 0.25) is 0 Å². The van der Waals surface area contributed by atoms with Crippen molar-refractivity contribution in [3.8, 4) is 22.3 Å². The van der Waals surface area contributed by atoms with Crippen LogP contribution >= 0.6 is 17.0 Å². The van der Waals surface area contributed by atoms with Crippen LogP contribution in [-0.4, -0.2) is 17.3 Å². The Hall–Kier alpha value is -3.17. The topological polar surface area (TPSA) is 58.2 Å². The number of allylic oxidation sites excluding steroid dienone is 2. The summed E-state index contributed by atoms with van der Waals surface area (Å²) in [5.74, 6) is 0.627. The van der Waals surface area contributed by atoms with E-state index in [1.54, 1.807) is 0 Å². The predicted octanol–water partition coefficient (Wildman–Crippen LogP) is 11.4.